The van der Waals surface area contributed by atoms with Gasteiger partial charge >= 0.3 is 0 Å². The summed E-state index contributed by atoms with van der Waals surface area (Å²) in [5.41, 5.74) is 4.19. The SMILES string of the molecule is CC(=O)N1N=C(c2ccccc2C)C[C@H]1c1ccc2c(c1)OCO2. The predicted molar refractivity (Wildman–Crippen MR) is 90.2 cm³/mol. The van der Waals surface area contributed by atoms with Gasteiger partial charge in [-0.15, -0.1) is 0 Å². The Bertz CT molecular complexity index is 844. The molecule has 2 aromatic rings. The predicted octanol–water partition coefficient (Wildman–Crippen LogP) is 3.42. The van der Waals surface area contributed by atoms with Crippen LogP contribution in [0.3, 0.4) is 0 Å². The van der Waals surface area contributed by atoms with Crippen LogP contribution in [0.15, 0.2) is 47.6 Å². The van der Waals surface area contributed by atoms with E-state index in [0.29, 0.717) is 6.42 Å². The van der Waals surface area contributed by atoms with Crippen LogP contribution >= 0.6 is 0 Å². The second-order valence-corrected chi connectivity index (χ2v) is 6.06. The lowest BCUT2D eigenvalue weighted by Gasteiger charge is -2.20. The van der Waals surface area contributed by atoms with Crippen LogP contribution in [0.5, 0.6) is 11.5 Å². The van der Waals surface area contributed by atoms with Crippen LogP contribution in [0.2, 0.25) is 0 Å². The second kappa shape index (κ2) is 5.67. The molecule has 2 heterocycles. The number of benzene rings is 2. The fraction of sp³-hybridized carbons (Fsp3) is 0.263. The molecule has 0 bridgehead atoms. The standard InChI is InChI=1S/C19H18N2O3/c1-12-5-3-4-6-15(12)16-10-17(21(20-16)13(2)22)14-7-8-18-19(9-14)24-11-23-18/h3-9,17H,10-11H2,1-2H3/t17-/m0/s1. The van der Waals surface area contributed by atoms with E-state index < -0.39 is 0 Å². The molecule has 4 rings (SSSR count). The molecule has 24 heavy (non-hydrogen) atoms. The normalized spacial score (nSPS) is 18.7. The molecule has 0 aliphatic carbocycles. The van der Waals surface area contributed by atoms with Crippen LogP contribution in [0.25, 0.3) is 0 Å². The number of fused-ring (bicyclic) bond motifs is 1. The van der Waals surface area contributed by atoms with Gasteiger partial charge in [0.25, 0.3) is 0 Å². The molecule has 2 aliphatic heterocycles. The highest BCUT2D eigenvalue weighted by atomic mass is 16.7. The Morgan fingerprint density at radius 2 is 1.96 bits per heavy atom. The number of carbonyl (C=O) groups is 1. The number of hydrazone groups is 1. The first-order chi connectivity index (χ1) is 11.6. The van der Waals surface area contributed by atoms with Gasteiger partial charge in [-0.2, -0.15) is 5.10 Å². The first-order valence-corrected chi connectivity index (χ1v) is 7.96. The lowest BCUT2D eigenvalue weighted by atomic mass is 9.96. The summed E-state index contributed by atoms with van der Waals surface area (Å²) in [4.78, 5) is 12.1. The third-order valence-corrected chi connectivity index (χ3v) is 4.47. The van der Waals surface area contributed by atoms with E-state index in [9.17, 15) is 4.79 Å². The van der Waals surface area contributed by atoms with Crippen molar-refractivity contribution in [2.75, 3.05) is 6.79 Å². The van der Waals surface area contributed by atoms with Crippen molar-refractivity contribution in [3.63, 3.8) is 0 Å². The number of hydrogen-bond donors (Lipinski definition) is 0. The highest BCUT2D eigenvalue weighted by Crippen LogP contribution is 2.39. The van der Waals surface area contributed by atoms with Crippen LogP contribution in [0.4, 0.5) is 0 Å². The van der Waals surface area contributed by atoms with Gasteiger partial charge in [-0.25, -0.2) is 5.01 Å². The molecule has 0 saturated carbocycles. The first kappa shape index (κ1) is 14.8. The van der Waals surface area contributed by atoms with Gasteiger partial charge < -0.3 is 9.47 Å². The van der Waals surface area contributed by atoms with Crippen molar-refractivity contribution in [2.45, 2.75) is 26.3 Å². The first-order valence-electron chi connectivity index (χ1n) is 7.96. The van der Waals surface area contributed by atoms with Crippen molar-refractivity contribution in [1.82, 2.24) is 5.01 Å². The van der Waals surface area contributed by atoms with Crippen LogP contribution in [-0.2, 0) is 4.79 Å². The maximum Gasteiger partial charge on any atom is 0.240 e. The fourth-order valence-electron chi connectivity index (χ4n) is 3.24. The van der Waals surface area contributed by atoms with Crippen molar-refractivity contribution in [1.29, 1.82) is 0 Å². The fourth-order valence-corrected chi connectivity index (χ4v) is 3.24. The Hall–Kier alpha value is -2.82. The average Bonchev–Trinajstić information content (AvgIpc) is 3.21. The summed E-state index contributed by atoms with van der Waals surface area (Å²) >= 11 is 0. The maximum absolute atomic E-state index is 12.1. The van der Waals surface area contributed by atoms with E-state index in [2.05, 4.69) is 24.2 Å². The largest absolute Gasteiger partial charge is 0.454 e. The van der Waals surface area contributed by atoms with E-state index >= 15 is 0 Å². The summed E-state index contributed by atoms with van der Waals surface area (Å²) in [5.74, 6) is 1.40. The van der Waals surface area contributed by atoms with Gasteiger partial charge in [-0.05, 0) is 30.2 Å². The van der Waals surface area contributed by atoms with Gasteiger partial charge in [0.05, 0.1) is 11.8 Å². The third-order valence-electron chi connectivity index (χ3n) is 4.47. The van der Waals surface area contributed by atoms with Crippen LogP contribution in [-0.4, -0.2) is 23.4 Å². The minimum absolute atomic E-state index is 0.0683. The number of amides is 1. The zero-order valence-corrected chi connectivity index (χ0v) is 13.7. The number of rotatable bonds is 2. The topological polar surface area (TPSA) is 51.1 Å². The van der Waals surface area contributed by atoms with E-state index in [-0.39, 0.29) is 18.7 Å². The Labute approximate surface area is 140 Å². The van der Waals surface area contributed by atoms with Gasteiger partial charge in [-0.3, -0.25) is 4.79 Å². The summed E-state index contributed by atoms with van der Waals surface area (Å²) in [6.45, 7) is 3.85. The molecule has 0 aromatic heterocycles. The summed E-state index contributed by atoms with van der Waals surface area (Å²) in [5, 5.41) is 6.17. The number of ether oxygens (including phenoxy) is 2. The molecule has 0 fully saturated rings. The average molecular weight is 322 g/mol. The number of carbonyl (C=O) groups excluding carboxylic acids is 1. The van der Waals surface area contributed by atoms with E-state index in [1.807, 2.05) is 30.3 Å². The summed E-state index contributed by atoms with van der Waals surface area (Å²) in [6, 6.07) is 13.8. The van der Waals surface area contributed by atoms with Crippen molar-refractivity contribution in [3.05, 3.63) is 59.2 Å². The molecule has 5 heteroatoms. The van der Waals surface area contributed by atoms with Crippen molar-refractivity contribution >= 4 is 11.6 Å². The molecule has 1 amide bonds. The number of nitrogens with zero attached hydrogens (tertiary/aromatic N) is 2. The van der Waals surface area contributed by atoms with Gasteiger partial charge in [0, 0.05) is 18.9 Å². The molecule has 1 atom stereocenters. The van der Waals surface area contributed by atoms with Crippen molar-refractivity contribution in [2.24, 2.45) is 5.10 Å². The zero-order valence-electron chi connectivity index (χ0n) is 13.7. The van der Waals surface area contributed by atoms with E-state index in [1.165, 1.54) is 0 Å². The van der Waals surface area contributed by atoms with Gasteiger partial charge in [-0.1, -0.05) is 30.3 Å². The molecular weight excluding hydrogens is 304 g/mol. The molecule has 0 radical (unpaired) electrons. The molecule has 2 aromatic carbocycles. The van der Waals surface area contributed by atoms with E-state index in [4.69, 9.17) is 9.47 Å². The summed E-state index contributed by atoms with van der Waals surface area (Å²) < 4.78 is 10.8. The lowest BCUT2D eigenvalue weighted by Crippen LogP contribution is -2.24. The number of hydrogen-bond acceptors (Lipinski definition) is 4. The summed E-state index contributed by atoms with van der Waals surface area (Å²) in [7, 11) is 0. The Kier molecular flexibility index (Phi) is 3.49. The van der Waals surface area contributed by atoms with E-state index in [1.54, 1.807) is 11.9 Å². The molecule has 0 N–H and O–H groups in total. The van der Waals surface area contributed by atoms with Gasteiger partial charge in [0.15, 0.2) is 11.5 Å². The monoisotopic (exact) mass is 322 g/mol. The number of aryl methyl sites for hydroxylation is 1. The van der Waals surface area contributed by atoms with Crippen molar-refractivity contribution < 1.29 is 14.3 Å². The molecule has 2 aliphatic rings. The Morgan fingerprint density at radius 3 is 2.75 bits per heavy atom. The van der Waals surface area contributed by atoms with Crippen LogP contribution in [0, 0.1) is 6.92 Å². The second-order valence-electron chi connectivity index (χ2n) is 6.06. The molecule has 0 saturated heterocycles. The molecule has 0 unspecified atom stereocenters. The Morgan fingerprint density at radius 1 is 1.17 bits per heavy atom. The van der Waals surface area contributed by atoms with Crippen LogP contribution < -0.4 is 9.47 Å². The van der Waals surface area contributed by atoms with Gasteiger partial charge in [0.1, 0.15) is 0 Å². The molecule has 5 nitrogen and oxygen atoms in total. The third kappa shape index (κ3) is 2.42. The maximum atomic E-state index is 12.1. The molecule has 0 spiro atoms. The van der Waals surface area contributed by atoms with Crippen LogP contribution in [0.1, 0.15) is 36.1 Å². The quantitative estimate of drug-likeness (QED) is 0.851. The highest BCUT2D eigenvalue weighted by Gasteiger charge is 2.32. The molecule has 122 valence electrons. The summed E-state index contributed by atoms with van der Waals surface area (Å²) in [6.07, 6.45) is 0.685. The van der Waals surface area contributed by atoms with Gasteiger partial charge in [0.2, 0.25) is 12.7 Å². The Balaban J connectivity index is 1.70. The minimum Gasteiger partial charge on any atom is -0.454 e. The molecular formula is C19H18N2O3. The van der Waals surface area contributed by atoms with Crippen molar-refractivity contribution in [3.8, 4) is 11.5 Å². The highest BCUT2D eigenvalue weighted by molar-refractivity contribution is 6.04. The minimum atomic E-state index is -0.119. The van der Waals surface area contributed by atoms with E-state index in [0.717, 1.165) is 33.9 Å². The zero-order chi connectivity index (χ0) is 16.7. The smallest absolute Gasteiger partial charge is 0.240 e. The lowest BCUT2D eigenvalue weighted by molar-refractivity contribution is -0.130.